The third-order valence-electron chi connectivity index (χ3n) is 6.71. The fraction of sp³-hybridized carbons (Fsp3) is 0.444. The number of hydrazine groups is 1. The van der Waals surface area contributed by atoms with E-state index < -0.39 is 0 Å². The van der Waals surface area contributed by atoms with Crippen molar-refractivity contribution in [1.82, 2.24) is 35.1 Å². The standard InChI is InChI=1S/C27H33ClN8O2/c1-6-7-13-35-26(34-12-8-9-21(15-34)29-4)32-25(18(2)17-37)36(35)27(38)33(5)16-24-30-19(3)22-14-20(28)10-11-23(22)31-24/h10-11,14,17,21,29H,8-9,12-13,15-16H2,1-5H3/b25-18-. The second-order valence-electron chi connectivity index (χ2n) is 9.43. The van der Waals surface area contributed by atoms with Crippen LogP contribution in [0.5, 0.6) is 0 Å². The minimum Gasteiger partial charge on any atom is -0.339 e. The van der Waals surface area contributed by atoms with E-state index in [1.165, 1.54) is 9.91 Å². The Bertz CT molecular complexity index is 1360. The quantitative estimate of drug-likeness (QED) is 0.356. The number of carbonyl (C=O) groups is 2. The predicted octanol–water partition coefficient (Wildman–Crippen LogP) is 3.17. The molecule has 0 spiro atoms. The predicted molar refractivity (Wildman–Crippen MR) is 148 cm³/mol. The molecule has 1 unspecified atom stereocenters. The number of nitrogens with zero attached hydrogens (tertiary/aromatic N) is 7. The third-order valence-corrected chi connectivity index (χ3v) is 6.94. The van der Waals surface area contributed by atoms with E-state index in [2.05, 4.69) is 32.0 Å². The lowest BCUT2D eigenvalue weighted by Gasteiger charge is -2.38. The Balaban J connectivity index is 1.66. The van der Waals surface area contributed by atoms with Crippen LogP contribution < -0.4 is 5.32 Å². The van der Waals surface area contributed by atoms with Crippen LogP contribution >= 0.6 is 11.6 Å². The number of hydrogen-bond donors (Lipinski definition) is 1. The molecule has 3 heterocycles. The van der Waals surface area contributed by atoms with Gasteiger partial charge >= 0.3 is 6.03 Å². The van der Waals surface area contributed by atoms with Gasteiger partial charge in [0.05, 0.1) is 12.1 Å². The van der Waals surface area contributed by atoms with Crippen molar-refractivity contribution in [2.45, 2.75) is 46.2 Å². The van der Waals surface area contributed by atoms with E-state index in [9.17, 15) is 9.59 Å². The second kappa shape index (κ2) is 11.8. The number of likely N-dealkylation sites (N-methyl/N-ethyl adjacent to an activating group) is 1. The Hall–Kier alpha value is -3.68. The lowest BCUT2D eigenvalue weighted by Crippen LogP contribution is -2.56. The zero-order chi connectivity index (χ0) is 27.4. The lowest BCUT2D eigenvalue weighted by molar-refractivity contribution is -0.105. The molecule has 4 rings (SSSR count). The van der Waals surface area contributed by atoms with E-state index in [1.54, 1.807) is 32.0 Å². The lowest BCUT2D eigenvalue weighted by atomic mass is 10.1. The zero-order valence-electron chi connectivity index (χ0n) is 22.5. The van der Waals surface area contributed by atoms with Crippen molar-refractivity contribution in [3.05, 3.63) is 46.1 Å². The van der Waals surface area contributed by atoms with Crippen molar-refractivity contribution >= 4 is 40.8 Å². The number of amides is 2. The van der Waals surface area contributed by atoms with Gasteiger partial charge in [-0.2, -0.15) is 10.0 Å². The van der Waals surface area contributed by atoms with E-state index in [4.69, 9.17) is 16.6 Å². The monoisotopic (exact) mass is 536 g/mol. The van der Waals surface area contributed by atoms with E-state index in [0.717, 1.165) is 48.8 Å². The molecule has 1 aromatic carbocycles. The molecule has 2 aromatic rings. The number of rotatable bonds is 5. The SMILES string of the molecule is CC#CCN1C(N2CCCC(NC)C2)=N/C(=C(\C)C=O)N1C(=O)N(C)Cc1nc(C)c2cc(Cl)ccc2n1. The molecule has 10 nitrogen and oxygen atoms in total. The summed E-state index contributed by atoms with van der Waals surface area (Å²) < 4.78 is 0. The molecular formula is C27H33ClN8O2. The summed E-state index contributed by atoms with van der Waals surface area (Å²) in [5.74, 6) is 7.37. The van der Waals surface area contributed by atoms with Crippen molar-refractivity contribution in [3.63, 3.8) is 0 Å². The number of aryl methyl sites for hydroxylation is 1. The van der Waals surface area contributed by atoms with Crippen LogP contribution in [0.25, 0.3) is 10.9 Å². The van der Waals surface area contributed by atoms with Crippen LogP contribution in [0.2, 0.25) is 5.02 Å². The molecule has 0 bridgehead atoms. The summed E-state index contributed by atoms with van der Waals surface area (Å²) in [7, 11) is 3.63. The molecule has 1 N–H and O–H groups in total. The van der Waals surface area contributed by atoms with E-state index in [0.29, 0.717) is 34.2 Å². The molecule has 1 atom stereocenters. The molecular weight excluding hydrogens is 504 g/mol. The van der Waals surface area contributed by atoms with E-state index in [1.807, 2.05) is 26.1 Å². The Morgan fingerprint density at radius 2 is 2.13 bits per heavy atom. The summed E-state index contributed by atoms with van der Waals surface area (Å²) in [5, 5.41) is 8.02. The van der Waals surface area contributed by atoms with Gasteiger partial charge in [-0.1, -0.05) is 17.5 Å². The largest absolute Gasteiger partial charge is 0.345 e. The number of carbonyl (C=O) groups excluding carboxylic acids is 2. The average molecular weight is 537 g/mol. The van der Waals surface area contributed by atoms with Crippen LogP contribution in [0.4, 0.5) is 4.79 Å². The number of urea groups is 1. The number of aliphatic imine (C=N–C) groups is 1. The summed E-state index contributed by atoms with van der Waals surface area (Å²) in [6.45, 7) is 7.25. The first kappa shape index (κ1) is 27.4. The molecule has 2 aliphatic heterocycles. The van der Waals surface area contributed by atoms with Crippen molar-refractivity contribution < 1.29 is 9.59 Å². The minimum atomic E-state index is -0.363. The number of guanidine groups is 1. The van der Waals surface area contributed by atoms with Crippen molar-refractivity contribution in [2.24, 2.45) is 4.99 Å². The molecule has 2 amide bonds. The van der Waals surface area contributed by atoms with Gasteiger partial charge in [-0.15, -0.1) is 5.92 Å². The van der Waals surface area contributed by atoms with Gasteiger partial charge in [0, 0.05) is 47.9 Å². The molecule has 11 heteroatoms. The summed E-state index contributed by atoms with van der Waals surface area (Å²) >= 11 is 6.14. The van der Waals surface area contributed by atoms with Crippen LogP contribution in [0.1, 0.15) is 38.2 Å². The number of hydrogen-bond acceptors (Lipinski definition) is 8. The maximum atomic E-state index is 13.9. The summed E-state index contributed by atoms with van der Waals surface area (Å²) in [5.41, 5.74) is 1.89. The normalized spacial score (nSPS) is 18.7. The van der Waals surface area contributed by atoms with Crippen LogP contribution in [0, 0.1) is 18.8 Å². The van der Waals surface area contributed by atoms with E-state index in [-0.39, 0.29) is 19.1 Å². The van der Waals surface area contributed by atoms with Crippen LogP contribution in [0.3, 0.4) is 0 Å². The molecule has 1 saturated heterocycles. The summed E-state index contributed by atoms with van der Waals surface area (Å²) in [4.78, 5) is 43.5. The number of piperidine rings is 1. The summed E-state index contributed by atoms with van der Waals surface area (Å²) in [6, 6.07) is 5.40. The van der Waals surface area contributed by atoms with Gasteiger partial charge in [0.25, 0.3) is 0 Å². The van der Waals surface area contributed by atoms with Gasteiger partial charge < -0.3 is 15.1 Å². The Morgan fingerprint density at radius 3 is 2.84 bits per heavy atom. The number of halogens is 1. The Morgan fingerprint density at radius 1 is 1.34 bits per heavy atom. The number of aldehydes is 1. The molecule has 2 aliphatic rings. The van der Waals surface area contributed by atoms with E-state index >= 15 is 0 Å². The van der Waals surface area contributed by atoms with Crippen molar-refractivity contribution in [1.29, 1.82) is 0 Å². The summed E-state index contributed by atoms with van der Waals surface area (Å²) in [6.07, 6.45) is 2.77. The zero-order valence-corrected chi connectivity index (χ0v) is 23.2. The highest BCUT2D eigenvalue weighted by atomic mass is 35.5. The van der Waals surface area contributed by atoms with Crippen LogP contribution in [-0.4, -0.2) is 87.8 Å². The molecule has 0 aliphatic carbocycles. The van der Waals surface area contributed by atoms with Gasteiger partial charge in [-0.3, -0.25) is 4.79 Å². The number of allylic oxidation sites excluding steroid dienone is 1. The molecule has 0 saturated carbocycles. The maximum Gasteiger partial charge on any atom is 0.345 e. The number of aromatic nitrogens is 2. The van der Waals surface area contributed by atoms with Gasteiger partial charge in [-0.25, -0.2) is 19.8 Å². The van der Waals surface area contributed by atoms with Gasteiger partial charge in [-0.05, 0) is 58.9 Å². The van der Waals surface area contributed by atoms with Gasteiger partial charge in [0.2, 0.25) is 5.96 Å². The van der Waals surface area contributed by atoms with Crippen molar-refractivity contribution in [2.75, 3.05) is 33.7 Å². The Kier molecular flexibility index (Phi) is 8.49. The first-order valence-electron chi connectivity index (χ1n) is 12.6. The van der Waals surface area contributed by atoms with Crippen molar-refractivity contribution in [3.8, 4) is 11.8 Å². The first-order valence-corrected chi connectivity index (χ1v) is 13.0. The minimum absolute atomic E-state index is 0.163. The highest BCUT2D eigenvalue weighted by molar-refractivity contribution is 6.31. The highest BCUT2D eigenvalue weighted by Crippen LogP contribution is 2.28. The third kappa shape index (κ3) is 5.59. The molecule has 0 radical (unpaired) electrons. The number of likely N-dealkylation sites (tertiary alicyclic amines) is 1. The average Bonchev–Trinajstić information content (AvgIpc) is 3.30. The van der Waals surface area contributed by atoms with Gasteiger partial charge in [0.15, 0.2) is 5.82 Å². The first-order chi connectivity index (χ1) is 18.3. The number of benzene rings is 1. The fourth-order valence-electron chi connectivity index (χ4n) is 4.65. The number of fused-ring (bicyclic) bond motifs is 1. The maximum absolute atomic E-state index is 13.9. The highest BCUT2D eigenvalue weighted by Gasteiger charge is 2.40. The van der Waals surface area contributed by atoms with Crippen LogP contribution in [0.15, 0.2) is 34.6 Å². The number of nitrogens with one attached hydrogen (secondary N) is 1. The molecule has 1 fully saturated rings. The Labute approximate surface area is 228 Å². The molecule has 200 valence electrons. The topological polar surface area (TPSA) is 97.3 Å². The second-order valence-corrected chi connectivity index (χ2v) is 9.87. The van der Waals surface area contributed by atoms with Crippen LogP contribution in [-0.2, 0) is 11.3 Å². The fourth-order valence-corrected chi connectivity index (χ4v) is 4.83. The van der Waals surface area contributed by atoms with Gasteiger partial charge in [0.1, 0.15) is 18.7 Å². The smallest absolute Gasteiger partial charge is 0.339 e. The molecule has 1 aromatic heterocycles. The molecule has 38 heavy (non-hydrogen) atoms.